The molecule has 1 aromatic carbocycles. The lowest BCUT2D eigenvalue weighted by Gasteiger charge is -2.32. The maximum absolute atomic E-state index is 14.0. The fourth-order valence-corrected chi connectivity index (χ4v) is 3.15. The topological polar surface area (TPSA) is 42.2 Å². The molecule has 4 nitrogen and oxygen atoms in total. The first kappa shape index (κ1) is 13.7. The Bertz CT molecular complexity index is 643. The summed E-state index contributed by atoms with van der Waals surface area (Å²) in [4.78, 5) is 2.16. The van der Waals surface area contributed by atoms with E-state index in [-0.39, 0.29) is 11.9 Å². The van der Waals surface area contributed by atoms with Crippen LogP contribution in [0.1, 0.15) is 35.9 Å². The lowest BCUT2D eigenvalue weighted by Crippen LogP contribution is -2.33. The Morgan fingerprint density at radius 2 is 2.15 bits per heavy atom. The van der Waals surface area contributed by atoms with E-state index in [9.17, 15) is 4.39 Å². The van der Waals surface area contributed by atoms with E-state index < -0.39 is 0 Å². The number of fused-ring (bicyclic) bond motifs is 1. The summed E-state index contributed by atoms with van der Waals surface area (Å²) in [6, 6.07) is 3.27. The predicted molar refractivity (Wildman–Crippen MR) is 75.7 cm³/mol. The van der Waals surface area contributed by atoms with E-state index in [1.165, 1.54) is 6.07 Å². The molecule has 1 aromatic heterocycles. The van der Waals surface area contributed by atoms with E-state index in [0.717, 1.165) is 28.6 Å². The molecule has 0 saturated heterocycles. The highest BCUT2D eigenvalue weighted by Gasteiger charge is 2.27. The summed E-state index contributed by atoms with van der Waals surface area (Å²) in [6.45, 7) is 5.18. The molecule has 1 aliphatic rings. The monoisotopic (exact) mass is 339 g/mol. The van der Waals surface area contributed by atoms with Gasteiger partial charge in [0.2, 0.25) is 11.8 Å². The van der Waals surface area contributed by atoms with Gasteiger partial charge in [-0.2, -0.15) is 0 Å². The normalized spacial score (nSPS) is 17.0. The molecule has 0 bridgehead atoms. The molecule has 1 atom stereocenters. The zero-order chi connectivity index (χ0) is 14.3. The van der Waals surface area contributed by atoms with Crippen LogP contribution in [0.2, 0.25) is 0 Å². The van der Waals surface area contributed by atoms with Crippen molar-refractivity contribution in [3.63, 3.8) is 0 Å². The summed E-state index contributed by atoms with van der Waals surface area (Å²) in [5.74, 6) is 0.987. The number of nitrogens with zero attached hydrogens (tertiary/aromatic N) is 3. The third kappa shape index (κ3) is 2.38. The molecule has 0 aliphatic carbocycles. The lowest BCUT2D eigenvalue weighted by atomic mass is 9.98. The smallest absolute Gasteiger partial charge is 0.233 e. The second kappa shape index (κ2) is 5.26. The molecule has 0 saturated carbocycles. The minimum Gasteiger partial charge on any atom is -0.424 e. The average molecular weight is 340 g/mol. The molecule has 20 heavy (non-hydrogen) atoms. The minimum atomic E-state index is -0.151. The highest BCUT2D eigenvalue weighted by molar-refractivity contribution is 9.10. The predicted octanol–water partition coefficient (Wildman–Crippen LogP) is 3.40. The first-order chi connectivity index (χ1) is 9.56. The van der Waals surface area contributed by atoms with Gasteiger partial charge in [-0.3, -0.25) is 4.90 Å². The molecule has 106 valence electrons. The van der Waals surface area contributed by atoms with E-state index in [1.54, 1.807) is 13.0 Å². The van der Waals surface area contributed by atoms with Crippen molar-refractivity contribution in [1.29, 1.82) is 0 Å². The Labute approximate surface area is 125 Å². The molecular weight excluding hydrogens is 325 g/mol. The van der Waals surface area contributed by atoms with E-state index in [0.29, 0.717) is 18.3 Å². The Balaban J connectivity index is 1.87. The van der Waals surface area contributed by atoms with Gasteiger partial charge < -0.3 is 4.42 Å². The van der Waals surface area contributed by atoms with Crippen LogP contribution in [0.15, 0.2) is 21.0 Å². The molecule has 0 fully saturated rings. The molecule has 2 aromatic rings. The average Bonchev–Trinajstić information content (AvgIpc) is 2.88. The van der Waals surface area contributed by atoms with Gasteiger partial charge in [-0.15, -0.1) is 10.2 Å². The Morgan fingerprint density at radius 3 is 2.85 bits per heavy atom. The van der Waals surface area contributed by atoms with Crippen molar-refractivity contribution in [3.05, 3.63) is 45.3 Å². The fourth-order valence-electron chi connectivity index (χ4n) is 2.58. The van der Waals surface area contributed by atoms with Crippen LogP contribution in [0, 0.1) is 12.7 Å². The summed E-state index contributed by atoms with van der Waals surface area (Å²) in [5, 5.41) is 7.91. The van der Waals surface area contributed by atoms with Crippen LogP contribution in [-0.2, 0) is 13.0 Å². The summed E-state index contributed by atoms with van der Waals surface area (Å²) in [6.07, 6.45) is 0.811. The van der Waals surface area contributed by atoms with Gasteiger partial charge in [0.1, 0.15) is 5.82 Å². The third-order valence-corrected chi connectivity index (χ3v) is 4.52. The van der Waals surface area contributed by atoms with Crippen LogP contribution < -0.4 is 0 Å². The third-order valence-electron chi connectivity index (χ3n) is 3.77. The number of hydrogen-bond donors (Lipinski definition) is 0. The fraction of sp³-hybridized carbons (Fsp3) is 0.429. The first-order valence-electron chi connectivity index (χ1n) is 6.56. The van der Waals surface area contributed by atoms with Crippen molar-refractivity contribution < 1.29 is 8.81 Å². The second-order valence-corrected chi connectivity index (χ2v) is 5.90. The SMILES string of the molecule is Cc1nnc(C(C)N2CCc3c(Br)ccc(F)c3C2)o1. The molecule has 0 radical (unpaired) electrons. The van der Waals surface area contributed by atoms with Crippen molar-refractivity contribution in [1.82, 2.24) is 15.1 Å². The van der Waals surface area contributed by atoms with Crippen molar-refractivity contribution in [2.75, 3.05) is 6.54 Å². The van der Waals surface area contributed by atoms with Gasteiger partial charge in [0.25, 0.3) is 0 Å². The van der Waals surface area contributed by atoms with Gasteiger partial charge in [-0.25, -0.2) is 4.39 Å². The molecule has 0 N–H and O–H groups in total. The summed E-state index contributed by atoms with van der Waals surface area (Å²) < 4.78 is 20.5. The number of hydrogen-bond acceptors (Lipinski definition) is 4. The number of aromatic nitrogens is 2. The van der Waals surface area contributed by atoms with Crippen LogP contribution in [0.4, 0.5) is 4.39 Å². The standard InChI is InChI=1S/C14H15BrFN3O/c1-8(14-18-17-9(2)20-14)19-6-5-10-11(7-19)13(16)4-3-12(10)15/h3-4,8H,5-7H2,1-2H3. The molecule has 6 heteroatoms. The maximum Gasteiger partial charge on any atom is 0.233 e. The molecule has 2 heterocycles. The molecule has 1 unspecified atom stereocenters. The number of aryl methyl sites for hydroxylation is 1. The zero-order valence-corrected chi connectivity index (χ0v) is 12.9. The molecule has 3 rings (SSSR count). The highest BCUT2D eigenvalue weighted by atomic mass is 79.9. The maximum atomic E-state index is 14.0. The summed E-state index contributed by atoms with van der Waals surface area (Å²) in [7, 11) is 0. The van der Waals surface area contributed by atoms with E-state index in [2.05, 4.69) is 31.0 Å². The van der Waals surface area contributed by atoms with Gasteiger partial charge in [-0.05, 0) is 31.0 Å². The highest BCUT2D eigenvalue weighted by Crippen LogP contribution is 2.32. The number of rotatable bonds is 2. The van der Waals surface area contributed by atoms with E-state index in [4.69, 9.17) is 4.42 Å². The van der Waals surface area contributed by atoms with Crippen molar-refractivity contribution >= 4 is 15.9 Å². The minimum absolute atomic E-state index is 0.0114. The Kier molecular flexibility index (Phi) is 3.60. The van der Waals surface area contributed by atoms with Gasteiger partial charge >= 0.3 is 0 Å². The van der Waals surface area contributed by atoms with Crippen molar-refractivity contribution in [2.45, 2.75) is 32.9 Å². The lowest BCUT2D eigenvalue weighted by molar-refractivity contribution is 0.162. The first-order valence-corrected chi connectivity index (χ1v) is 7.35. The van der Waals surface area contributed by atoms with E-state index >= 15 is 0 Å². The van der Waals surface area contributed by atoms with Crippen LogP contribution in [0.5, 0.6) is 0 Å². The largest absolute Gasteiger partial charge is 0.424 e. The number of benzene rings is 1. The molecule has 0 amide bonds. The van der Waals surface area contributed by atoms with Crippen LogP contribution in [-0.4, -0.2) is 21.6 Å². The van der Waals surface area contributed by atoms with Gasteiger partial charge in [-0.1, -0.05) is 15.9 Å². The van der Waals surface area contributed by atoms with Crippen molar-refractivity contribution in [3.8, 4) is 0 Å². The quantitative estimate of drug-likeness (QED) is 0.840. The molecule has 0 spiro atoms. The molecular formula is C14H15BrFN3O. The Morgan fingerprint density at radius 1 is 1.35 bits per heavy atom. The number of halogens is 2. The Hall–Kier alpha value is -1.27. The van der Waals surface area contributed by atoms with Gasteiger partial charge in [0.05, 0.1) is 6.04 Å². The van der Waals surface area contributed by atoms with Crippen LogP contribution in [0.25, 0.3) is 0 Å². The van der Waals surface area contributed by atoms with E-state index in [1.807, 2.05) is 6.92 Å². The molecule has 1 aliphatic heterocycles. The van der Waals surface area contributed by atoms with Crippen LogP contribution >= 0.6 is 15.9 Å². The van der Waals surface area contributed by atoms with Crippen molar-refractivity contribution in [2.24, 2.45) is 0 Å². The second-order valence-electron chi connectivity index (χ2n) is 5.04. The summed E-state index contributed by atoms with van der Waals surface area (Å²) >= 11 is 3.50. The zero-order valence-electron chi connectivity index (χ0n) is 11.4. The van der Waals surface area contributed by atoms with Gasteiger partial charge in [0, 0.05) is 30.0 Å². The van der Waals surface area contributed by atoms with Gasteiger partial charge in [0.15, 0.2) is 0 Å². The summed E-state index contributed by atoms with van der Waals surface area (Å²) in [5.41, 5.74) is 1.82. The van der Waals surface area contributed by atoms with Crippen LogP contribution in [0.3, 0.4) is 0 Å².